The number of morpholine rings is 1. The SMILES string of the molecule is CCc1ccc(CC(O)C(C)(CC)N2CCOCC2)s1. The standard InChI is InChI=1S/C16H27NO2S/c1-4-13-6-7-14(20-13)12-15(18)16(3,5-2)17-8-10-19-11-9-17/h6-7,15,18H,4-5,8-12H2,1-3H3. The number of hydrogen-bond donors (Lipinski definition) is 1. The van der Waals surface area contributed by atoms with E-state index in [0.29, 0.717) is 0 Å². The predicted molar refractivity (Wildman–Crippen MR) is 84.5 cm³/mol. The zero-order valence-corrected chi connectivity index (χ0v) is 13.7. The van der Waals surface area contributed by atoms with Crippen LogP contribution in [0, 0.1) is 0 Å². The van der Waals surface area contributed by atoms with Gasteiger partial charge in [0.25, 0.3) is 0 Å². The number of aliphatic hydroxyl groups excluding tert-OH is 1. The van der Waals surface area contributed by atoms with Crippen LogP contribution >= 0.6 is 11.3 Å². The van der Waals surface area contributed by atoms with Gasteiger partial charge in [-0.25, -0.2) is 0 Å². The van der Waals surface area contributed by atoms with E-state index in [9.17, 15) is 5.11 Å². The number of thiophene rings is 1. The predicted octanol–water partition coefficient (Wildman–Crippen LogP) is 2.71. The number of ether oxygens (including phenoxy) is 1. The molecule has 0 aliphatic carbocycles. The number of nitrogens with zero attached hydrogens (tertiary/aromatic N) is 1. The lowest BCUT2D eigenvalue weighted by Crippen LogP contribution is -2.58. The average Bonchev–Trinajstić information content (AvgIpc) is 2.94. The molecular weight excluding hydrogens is 270 g/mol. The number of rotatable bonds is 6. The van der Waals surface area contributed by atoms with Crippen molar-refractivity contribution < 1.29 is 9.84 Å². The summed E-state index contributed by atoms with van der Waals surface area (Å²) in [6.07, 6.45) is 2.47. The third kappa shape index (κ3) is 3.42. The van der Waals surface area contributed by atoms with E-state index in [2.05, 4.69) is 37.8 Å². The Hall–Kier alpha value is -0.420. The van der Waals surface area contributed by atoms with E-state index in [1.807, 2.05) is 11.3 Å². The molecule has 114 valence electrons. The molecule has 0 bridgehead atoms. The van der Waals surface area contributed by atoms with Gasteiger partial charge in [0.15, 0.2) is 0 Å². The van der Waals surface area contributed by atoms with Crippen LogP contribution < -0.4 is 0 Å². The first-order chi connectivity index (χ1) is 9.60. The molecule has 20 heavy (non-hydrogen) atoms. The summed E-state index contributed by atoms with van der Waals surface area (Å²) in [5.41, 5.74) is -0.153. The summed E-state index contributed by atoms with van der Waals surface area (Å²) < 4.78 is 5.43. The Morgan fingerprint density at radius 3 is 2.50 bits per heavy atom. The molecule has 1 aromatic rings. The summed E-state index contributed by atoms with van der Waals surface area (Å²) in [5.74, 6) is 0. The van der Waals surface area contributed by atoms with Crippen LogP contribution in [-0.4, -0.2) is 48.0 Å². The molecule has 1 aliphatic rings. The van der Waals surface area contributed by atoms with E-state index in [-0.39, 0.29) is 11.6 Å². The molecule has 2 unspecified atom stereocenters. The molecule has 0 aromatic carbocycles. The highest BCUT2D eigenvalue weighted by Crippen LogP contribution is 2.29. The van der Waals surface area contributed by atoms with Crippen LogP contribution in [0.25, 0.3) is 0 Å². The highest BCUT2D eigenvalue weighted by molar-refractivity contribution is 7.11. The van der Waals surface area contributed by atoms with E-state index >= 15 is 0 Å². The molecule has 4 heteroatoms. The van der Waals surface area contributed by atoms with Crippen molar-refractivity contribution in [1.82, 2.24) is 4.90 Å². The Bertz CT molecular complexity index is 414. The molecule has 1 saturated heterocycles. The van der Waals surface area contributed by atoms with Crippen LogP contribution in [0.1, 0.15) is 36.9 Å². The summed E-state index contributed by atoms with van der Waals surface area (Å²) in [6.45, 7) is 9.94. The quantitative estimate of drug-likeness (QED) is 0.876. The molecule has 0 amide bonds. The molecule has 2 atom stereocenters. The van der Waals surface area contributed by atoms with Gasteiger partial charge in [-0.15, -0.1) is 11.3 Å². The Kier molecular flexibility index (Phi) is 5.61. The Labute approximate surface area is 126 Å². The number of hydrogen-bond acceptors (Lipinski definition) is 4. The Morgan fingerprint density at radius 1 is 1.30 bits per heavy atom. The molecule has 1 fully saturated rings. The largest absolute Gasteiger partial charge is 0.391 e. The van der Waals surface area contributed by atoms with Gasteiger partial charge in [0.2, 0.25) is 0 Å². The Balaban J connectivity index is 2.04. The molecule has 1 aliphatic heterocycles. The third-order valence-corrected chi connectivity index (χ3v) is 5.88. The van der Waals surface area contributed by atoms with Crippen molar-refractivity contribution in [2.75, 3.05) is 26.3 Å². The smallest absolute Gasteiger partial charge is 0.0769 e. The van der Waals surface area contributed by atoms with Gasteiger partial charge in [-0.05, 0) is 31.9 Å². The second-order valence-corrected chi connectivity index (χ2v) is 7.00. The van der Waals surface area contributed by atoms with E-state index in [1.165, 1.54) is 9.75 Å². The maximum atomic E-state index is 10.8. The maximum Gasteiger partial charge on any atom is 0.0769 e. The van der Waals surface area contributed by atoms with Gasteiger partial charge in [-0.1, -0.05) is 13.8 Å². The maximum absolute atomic E-state index is 10.8. The molecule has 0 radical (unpaired) electrons. The summed E-state index contributed by atoms with van der Waals surface area (Å²) in [4.78, 5) is 5.09. The first-order valence-electron chi connectivity index (χ1n) is 7.68. The second-order valence-electron chi connectivity index (χ2n) is 5.75. The van der Waals surface area contributed by atoms with Crippen molar-refractivity contribution >= 4 is 11.3 Å². The monoisotopic (exact) mass is 297 g/mol. The minimum absolute atomic E-state index is 0.153. The van der Waals surface area contributed by atoms with Gasteiger partial charge < -0.3 is 9.84 Å². The summed E-state index contributed by atoms with van der Waals surface area (Å²) in [5, 5.41) is 10.8. The van der Waals surface area contributed by atoms with Crippen LogP contribution in [0.5, 0.6) is 0 Å². The van der Waals surface area contributed by atoms with Crippen molar-refractivity contribution in [1.29, 1.82) is 0 Å². The highest BCUT2D eigenvalue weighted by atomic mass is 32.1. The van der Waals surface area contributed by atoms with Gasteiger partial charge in [0, 0.05) is 34.8 Å². The van der Waals surface area contributed by atoms with E-state index in [4.69, 9.17) is 4.74 Å². The molecule has 1 aromatic heterocycles. The summed E-state index contributed by atoms with van der Waals surface area (Å²) in [7, 11) is 0. The first-order valence-corrected chi connectivity index (χ1v) is 8.50. The first kappa shape index (κ1) is 16.0. The minimum Gasteiger partial charge on any atom is -0.391 e. The number of aliphatic hydroxyl groups is 1. The zero-order chi connectivity index (χ0) is 14.6. The van der Waals surface area contributed by atoms with Gasteiger partial charge >= 0.3 is 0 Å². The fraction of sp³-hybridized carbons (Fsp3) is 0.750. The van der Waals surface area contributed by atoms with Gasteiger partial charge in [-0.2, -0.15) is 0 Å². The normalized spacial score (nSPS) is 21.6. The highest BCUT2D eigenvalue weighted by Gasteiger charge is 2.38. The molecule has 2 heterocycles. The van der Waals surface area contributed by atoms with Gasteiger partial charge in [-0.3, -0.25) is 4.90 Å². The lowest BCUT2D eigenvalue weighted by molar-refractivity contribution is -0.0712. The van der Waals surface area contributed by atoms with Crippen LogP contribution in [-0.2, 0) is 17.6 Å². The Morgan fingerprint density at radius 2 is 1.95 bits per heavy atom. The molecule has 0 saturated carbocycles. The van der Waals surface area contributed by atoms with Crippen molar-refractivity contribution in [2.24, 2.45) is 0 Å². The lowest BCUT2D eigenvalue weighted by atomic mass is 9.86. The molecule has 3 nitrogen and oxygen atoms in total. The fourth-order valence-electron chi connectivity index (χ4n) is 2.88. The minimum atomic E-state index is -0.325. The van der Waals surface area contributed by atoms with Crippen molar-refractivity contribution in [3.05, 3.63) is 21.9 Å². The zero-order valence-electron chi connectivity index (χ0n) is 12.9. The van der Waals surface area contributed by atoms with Gasteiger partial charge in [0.1, 0.15) is 0 Å². The average molecular weight is 297 g/mol. The fourth-order valence-corrected chi connectivity index (χ4v) is 3.87. The number of aryl methyl sites for hydroxylation is 1. The van der Waals surface area contributed by atoms with Gasteiger partial charge in [0.05, 0.1) is 19.3 Å². The third-order valence-electron chi connectivity index (χ3n) is 4.63. The van der Waals surface area contributed by atoms with Crippen molar-refractivity contribution in [3.8, 4) is 0 Å². The molecule has 0 spiro atoms. The van der Waals surface area contributed by atoms with Crippen LogP contribution in [0.3, 0.4) is 0 Å². The molecule has 1 N–H and O–H groups in total. The van der Waals surface area contributed by atoms with E-state index < -0.39 is 0 Å². The van der Waals surface area contributed by atoms with E-state index in [0.717, 1.165) is 45.6 Å². The van der Waals surface area contributed by atoms with E-state index in [1.54, 1.807) is 0 Å². The lowest BCUT2D eigenvalue weighted by Gasteiger charge is -2.45. The summed E-state index contributed by atoms with van der Waals surface area (Å²) >= 11 is 1.83. The summed E-state index contributed by atoms with van der Waals surface area (Å²) in [6, 6.07) is 4.35. The topological polar surface area (TPSA) is 32.7 Å². The second kappa shape index (κ2) is 7.03. The van der Waals surface area contributed by atoms with Crippen LogP contribution in [0.15, 0.2) is 12.1 Å². The van der Waals surface area contributed by atoms with Crippen molar-refractivity contribution in [2.45, 2.75) is 51.7 Å². The molecular formula is C16H27NO2S. The molecule has 2 rings (SSSR count). The van der Waals surface area contributed by atoms with Crippen LogP contribution in [0.4, 0.5) is 0 Å². The van der Waals surface area contributed by atoms with Crippen LogP contribution in [0.2, 0.25) is 0 Å². The van der Waals surface area contributed by atoms with Crippen molar-refractivity contribution in [3.63, 3.8) is 0 Å².